The van der Waals surface area contributed by atoms with Crippen molar-refractivity contribution in [2.24, 2.45) is 62.5 Å². The van der Waals surface area contributed by atoms with E-state index in [0.29, 0.717) is 19.3 Å². The summed E-state index contributed by atoms with van der Waals surface area (Å²) in [5.74, 6) is -14.0. The summed E-state index contributed by atoms with van der Waals surface area (Å²) in [4.78, 5) is 172. The number of nitrogens with zero attached hydrogens (tertiary/aromatic N) is 3. The number of nitrogens with two attached hydrogens (primary N) is 4. The molecule has 17 N–H and O–H groups in total. The van der Waals surface area contributed by atoms with E-state index in [1.54, 1.807) is 27.7 Å². The van der Waals surface area contributed by atoms with E-state index in [2.05, 4.69) is 31.3 Å². The molecule has 0 aromatic heterocycles. The first-order valence-electron chi connectivity index (χ1n) is 33.3. The number of benzene rings is 2. The minimum Gasteiger partial charge on any atom is -0.507 e. The second-order valence-electron chi connectivity index (χ2n) is 26.5. The maximum atomic E-state index is 14.3. The van der Waals surface area contributed by atoms with Gasteiger partial charge in [-0.05, 0) is 77.2 Å². The zero-order valence-corrected chi connectivity index (χ0v) is 57.1. The average Bonchev–Trinajstić information content (AvgIpc) is 0.886. The van der Waals surface area contributed by atoms with Crippen LogP contribution in [0.4, 0.5) is 0 Å². The second-order valence-corrected chi connectivity index (χ2v) is 26.5. The quantitative estimate of drug-likeness (QED) is 0.0121. The third-order valence-corrected chi connectivity index (χ3v) is 18.6. The summed E-state index contributed by atoms with van der Waals surface area (Å²) in [6.45, 7) is 10.3. The number of rotatable bonds is 37. The number of ether oxygens (including phenoxy) is 3. The summed E-state index contributed by atoms with van der Waals surface area (Å²) in [7, 11) is 1.27. The fraction of sp³-hybridized carbons (Fsp3) is 0.588. The highest BCUT2D eigenvalue weighted by molar-refractivity contribution is 6.31. The first-order chi connectivity index (χ1) is 46.6. The van der Waals surface area contributed by atoms with Crippen LogP contribution in [0.15, 0.2) is 40.3 Å². The first-order valence-corrected chi connectivity index (χ1v) is 33.3. The standard InChI is InChI=1S/C68H95N11O20/c1-32(2)39(26-44(81)34(5)75-63(93)37(15-13-22-73-66(69)70)25-46(83)42(17-14-23-74-67(71)72)77-50(85)19-10-9-11-24-79-51(86)20-21-52(79)87)64(94)76-35(6)45(82)27-40(33(3)4)65(95)78-43-28-53(98-36(7)58(43)88)99-48-30-68(96,49(84)31-80)29-41-55(48)62(92)57-56(60(41)90)59(89)38-16-12-18-47(97-8)54(38)61(57)91/h12,16,18,20-21,32-37,39-40,42-43,48,53,58,80,88,90,92,96H,9-11,13-15,17,19,22-31H2,1-8H3,(H,75,93)(H,76,94)(H,77,85)(H,78,95)(H4,69,70,73)(H4,71,72,74)/t34?,35?,36-,37?,39?,40?,42?,43-,48?,53+,58+,68-/m0/s1. The number of Topliss-reactive ketones (excluding diaryl/α,β-unsaturated/α-hetero) is 4. The highest BCUT2D eigenvalue weighted by Gasteiger charge is 2.51. The van der Waals surface area contributed by atoms with Gasteiger partial charge in [0.15, 0.2) is 47.1 Å². The van der Waals surface area contributed by atoms with Crippen LogP contribution in [0.5, 0.6) is 17.2 Å². The largest absolute Gasteiger partial charge is 0.507 e. The van der Waals surface area contributed by atoms with Gasteiger partial charge in [-0.15, -0.1) is 0 Å². The Balaban J connectivity index is 1.09. The van der Waals surface area contributed by atoms with Gasteiger partial charge in [0.2, 0.25) is 29.4 Å². The van der Waals surface area contributed by atoms with E-state index in [1.807, 2.05) is 0 Å². The van der Waals surface area contributed by atoms with Gasteiger partial charge in [0.1, 0.15) is 35.6 Å². The van der Waals surface area contributed by atoms with Gasteiger partial charge in [-0.2, -0.15) is 0 Å². The molecule has 31 heteroatoms. The van der Waals surface area contributed by atoms with E-state index >= 15 is 0 Å². The molecule has 12 atom stereocenters. The van der Waals surface area contributed by atoms with E-state index in [4.69, 9.17) is 37.1 Å². The lowest BCUT2D eigenvalue weighted by atomic mass is 9.72. The van der Waals surface area contributed by atoms with Gasteiger partial charge in [-0.25, -0.2) is 0 Å². The van der Waals surface area contributed by atoms with E-state index in [9.17, 15) is 83.1 Å². The predicted octanol–water partition coefficient (Wildman–Crippen LogP) is 0.284. The molecule has 1 fully saturated rings. The number of amides is 6. The lowest BCUT2D eigenvalue weighted by Gasteiger charge is -2.43. The highest BCUT2D eigenvalue weighted by Crippen LogP contribution is 2.53. The molecule has 6 amide bonds. The van der Waals surface area contributed by atoms with Crippen LogP contribution in [0.25, 0.3) is 0 Å². The minimum atomic E-state index is -2.46. The molecule has 0 spiro atoms. The summed E-state index contributed by atoms with van der Waals surface area (Å²) in [5, 5.41) is 67.9. The summed E-state index contributed by atoms with van der Waals surface area (Å²) in [6.07, 6.45) is -4.04. The molecule has 2 aliphatic heterocycles. The molecule has 542 valence electrons. The minimum absolute atomic E-state index is 0.00139. The smallest absolute Gasteiger partial charge is 0.253 e. The van der Waals surface area contributed by atoms with Crippen LogP contribution in [-0.4, -0.2) is 194 Å². The van der Waals surface area contributed by atoms with Crippen LogP contribution in [0, 0.1) is 29.6 Å². The summed E-state index contributed by atoms with van der Waals surface area (Å²) in [5.41, 5.74) is 17.5. The molecule has 2 heterocycles. The molecule has 1 saturated heterocycles. The van der Waals surface area contributed by atoms with Crippen molar-refractivity contribution >= 4 is 82.1 Å². The third kappa shape index (κ3) is 19.9. The van der Waals surface area contributed by atoms with E-state index in [1.165, 1.54) is 58.2 Å². The molecule has 99 heavy (non-hydrogen) atoms. The lowest BCUT2D eigenvalue weighted by molar-refractivity contribution is -0.249. The molecule has 7 unspecified atom stereocenters. The van der Waals surface area contributed by atoms with Crippen LogP contribution < -0.4 is 48.9 Å². The zero-order valence-electron chi connectivity index (χ0n) is 57.1. The number of ketones is 6. The highest BCUT2D eigenvalue weighted by atomic mass is 16.7. The number of nitrogens with one attached hydrogen (secondary N) is 4. The van der Waals surface area contributed by atoms with Crippen LogP contribution in [0.1, 0.15) is 181 Å². The van der Waals surface area contributed by atoms with E-state index < -0.39 is 209 Å². The summed E-state index contributed by atoms with van der Waals surface area (Å²) >= 11 is 0. The van der Waals surface area contributed by atoms with Crippen molar-refractivity contribution in [3.63, 3.8) is 0 Å². The molecular formula is C68H95N11O20. The van der Waals surface area contributed by atoms with Gasteiger partial charge in [-0.1, -0.05) is 46.2 Å². The number of aliphatic imine (C=N–C) groups is 2. The van der Waals surface area contributed by atoms with Gasteiger partial charge in [0.05, 0.1) is 60.2 Å². The van der Waals surface area contributed by atoms with Crippen molar-refractivity contribution in [2.75, 3.05) is 33.4 Å². The number of imide groups is 1. The number of unbranched alkanes of at least 4 members (excludes halogenated alkanes) is 2. The number of guanidine groups is 2. The normalized spacial score (nSPS) is 21.2. The Morgan fingerprint density at radius 3 is 1.87 bits per heavy atom. The molecule has 0 bridgehead atoms. The van der Waals surface area contributed by atoms with Gasteiger partial charge < -0.3 is 83.9 Å². The number of aliphatic hydroxyl groups excluding tert-OH is 2. The van der Waals surface area contributed by atoms with Gasteiger partial charge in [-0.3, -0.25) is 72.4 Å². The average molecular weight is 1390 g/mol. The molecule has 0 saturated carbocycles. The van der Waals surface area contributed by atoms with Crippen molar-refractivity contribution < 1.29 is 97.3 Å². The van der Waals surface area contributed by atoms with Crippen LogP contribution >= 0.6 is 0 Å². The Bertz CT molecular complexity index is 3490. The van der Waals surface area contributed by atoms with Crippen molar-refractivity contribution in [1.82, 2.24) is 26.2 Å². The van der Waals surface area contributed by atoms with Crippen molar-refractivity contribution in [3.8, 4) is 17.2 Å². The fourth-order valence-corrected chi connectivity index (χ4v) is 12.7. The van der Waals surface area contributed by atoms with Crippen LogP contribution in [-0.2, 0) is 63.8 Å². The number of phenolic OH excluding ortho intramolecular Hbond substituents is 2. The number of aliphatic hydroxyl groups is 3. The number of hydrogen-bond acceptors (Lipinski definition) is 22. The molecule has 4 aliphatic rings. The van der Waals surface area contributed by atoms with Crippen molar-refractivity contribution in [3.05, 3.63) is 63.7 Å². The SMILES string of the molecule is COc1cccc2c1C(=O)c1c(O)c3c(c(O)c1C2=O)C[C@@](O)(C(=O)CO)CC3O[C@@H]1C[C@H](NC(=O)C(CC(=O)C(C)NC(=O)C(CC(=O)C(C)NC(=O)C(CCCN=C(N)N)CC(=O)C(CCCN=C(N)N)NC(=O)CCCCCN2C(=O)C=CC2=O)C(C)C)C(C)C)[C@H](O)[C@H](C)O1. The predicted molar refractivity (Wildman–Crippen MR) is 356 cm³/mol. The number of hydrogen-bond donors (Lipinski definition) is 13. The Labute approximate surface area is 573 Å². The Kier molecular flexibility index (Phi) is 28.0. The molecule has 6 rings (SSSR count). The third-order valence-electron chi connectivity index (χ3n) is 18.6. The number of carbonyl (C=O) groups is 12. The zero-order chi connectivity index (χ0) is 73.5. The summed E-state index contributed by atoms with van der Waals surface area (Å²) in [6, 6.07) is -0.422. The van der Waals surface area contributed by atoms with Crippen LogP contribution in [0.2, 0.25) is 0 Å². The summed E-state index contributed by atoms with van der Waals surface area (Å²) < 4.78 is 17.7. The molecule has 2 aromatic carbocycles. The first kappa shape index (κ1) is 79.0. The van der Waals surface area contributed by atoms with E-state index in [0.717, 1.165) is 4.90 Å². The lowest BCUT2D eigenvalue weighted by Crippen LogP contribution is -2.57. The molecule has 2 aromatic rings. The van der Waals surface area contributed by atoms with E-state index in [-0.39, 0.29) is 105 Å². The topological polar surface area (TPSA) is 514 Å². The number of carbonyl (C=O) groups excluding carboxylic acids is 12. The molecular weight excluding hydrogens is 1290 g/mol. The Hall–Kier alpha value is -9.04. The maximum absolute atomic E-state index is 14.3. The fourth-order valence-electron chi connectivity index (χ4n) is 12.7. The van der Waals surface area contributed by atoms with Crippen LogP contribution in [0.3, 0.4) is 0 Å². The molecule has 2 aliphatic carbocycles. The number of methoxy groups -OCH3 is 1. The molecule has 0 radical (unpaired) electrons. The van der Waals surface area contributed by atoms with Gasteiger partial charge in [0.25, 0.3) is 11.8 Å². The number of aromatic hydroxyl groups is 2. The van der Waals surface area contributed by atoms with Gasteiger partial charge in [0, 0.05) is 111 Å². The van der Waals surface area contributed by atoms with Gasteiger partial charge >= 0.3 is 0 Å². The Morgan fingerprint density at radius 1 is 0.717 bits per heavy atom. The number of fused-ring (bicyclic) bond motifs is 3. The molecule has 31 nitrogen and oxygen atoms in total. The van der Waals surface area contributed by atoms with Crippen molar-refractivity contribution in [2.45, 2.75) is 193 Å². The number of phenols is 2. The van der Waals surface area contributed by atoms with Crippen molar-refractivity contribution in [1.29, 1.82) is 0 Å². The monoisotopic (exact) mass is 1390 g/mol. The second kappa shape index (κ2) is 35.1. The maximum Gasteiger partial charge on any atom is 0.253 e. The Morgan fingerprint density at radius 2 is 1.29 bits per heavy atom.